The van der Waals surface area contributed by atoms with Crippen LogP contribution in [0.25, 0.3) is 5.78 Å². The summed E-state index contributed by atoms with van der Waals surface area (Å²) in [5.74, 6) is 0.185. The molecule has 0 aliphatic carbocycles. The average Bonchev–Trinajstić information content (AvgIpc) is 3.27. The van der Waals surface area contributed by atoms with Crippen molar-refractivity contribution in [2.75, 3.05) is 0 Å². The van der Waals surface area contributed by atoms with Crippen LogP contribution in [-0.2, 0) is 27.3 Å². The van der Waals surface area contributed by atoms with Crippen molar-refractivity contribution in [2.24, 2.45) is 0 Å². The van der Waals surface area contributed by atoms with E-state index >= 15 is 0 Å². The average molecular weight is 357 g/mol. The highest BCUT2D eigenvalue weighted by Gasteiger charge is 2.20. The summed E-state index contributed by atoms with van der Waals surface area (Å²) in [6.07, 6.45) is 2.01. The highest BCUT2D eigenvalue weighted by Crippen LogP contribution is 2.14. The Hall–Kier alpha value is -3.23. The van der Waals surface area contributed by atoms with Gasteiger partial charge in [-0.05, 0) is 32.9 Å². The van der Waals surface area contributed by atoms with Crippen molar-refractivity contribution in [3.8, 4) is 0 Å². The van der Waals surface area contributed by atoms with Crippen molar-refractivity contribution in [3.05, 3.63) is 47.4 Å². The molecular weight excluding hydrogens is 338 g/mol. The maximum atomic E-state index is 12.2. The molecule has 9 heteroatoms. The third-order valence-electron chi connectivity index (χ3n) is 4.00. The van der Waals surface area contributed by atoms with Crippen LogP contribution in [0.2, 0.25) is 0 Å². The second-order valence-corrected chi connectivity index (χ2v) is 5.84. The summed E-state index contributed by atoms with van der Waals surface area (Å²) in [5.41, 5.74) is 2.14. The Balaban J connectivity index is 1.60. The summed E-state index contributed by atoms with van der Waals surface area (Å²) >= 11 is 0. The molecule has 3 rings (SSSR count). The van der Waals surface area contributed by atoms with Crippen LogP contribution in [0.15, 0.2) is 29.1 Å². The van der Waals surface area contributed by atoms with Gasteiger partial charge < -0.3 is 14.5 Å². The predicted octanol–water partition coefficient (Wildman–Crippen LogP) is 1.12. The van der Waals surface area contributed by atoms with Gasteiger partial charge in [0, 0.05) is 17.0 Å². The number of ether oxygens (including phenoxy) is 1. The zero-order valence-electron chi connectivity index (χ0n) is 14.7. The zero-order chi connectivity index (χ0) is 18.7. The number of esters is 1. The fourth-order valence-corrected chi connectivity index (χ4v) is 2.58. The van der Waals surface area contributed by atoms with Crippen LogP contribution < -0.4 is 5.32 Å². The molecule has 0 aromatic carbocycles. The number of hydrogen-bond acceptors (Lipinski definition) is 7. The zero-order valence-corrected chi connectivity index (χ0v) is 14.7. The minimum absolute atomic E-state index is 0.00370. The normalized spacial score (nSPS) is 12.1. The van der Waals surface area contributed by atoms with Crippen LogP contribution in [0.5, 0.6) is 0 Å². The minimum Gasteiger partial charge on any atom is -0.467 e. The standard InChI is InChI=1S/C17H19N5O4/c1-10-14(11(2)22-17(21-10)19-9-20-22)7-15(23)26-12(3)16(24)18-8-13-5-4-6-25-13/h4-6,9,12H,7-8H2,1-3H3,(H,18,24)/t12-/m0/s1. The van der Waals surface area contributed by atoms with E-state index in [4.69, 9.17) is 9.15 Å². The molecule has 1 amide bonds. The van der Waals surface area contributed by atoms with Gasteiger partial charge >= 0.3 is 5.97 Å². The molecule has 3 aromatic heterocycles. The molecule has 0 spiro atoms. The first-order valence-electron chi connectivity index (χ1n) is 8.11. The van der Waals surface area contributed by atoms with Gasteiger partial charge in [0.2, 0.25) is 0 Å². The Kier molecular flexibility index (Phi) is 4.97. The largest absolute Gasteiger partial charge is 0.467 e. The number of furan rings is 1. The van der Waals surface area contributed by atoms with E-state index in [1.54, 1.807) is 23.6 Å². The first-order valence-corrected chi connectivity index (χ1v) is 8.11. The Morgan fingerprint density at radius 2 is 2.19 bits per heavy atom. The van der Waals surface area contributed by atoms with Gasteiger partial charge in [0.25, 0.3) is 11.7 Å². The molecule has 0 saturated carbocycles. The highest BCUT2D eigenvalue weighted by atomic mass is 16.5. The molecule has 0 radical (unpaired) electrons. The molecule has 0 saturated heterocycles. The maximum Gasteiger partial charge on any atom is 0.311 e. The van der Waals surface area contributed by atoms with E-state index in [9.17, 15) is 9.59 Å². The summed E-state index contributed by atoms with van der Waals surface area (Å²) in [5, 5.41) is 6.74. The third-order valence-corrected chi connectivity index (χ3v) is 4.00. The number of aromatic nitrogens is 4. The van der Waals surface area contributed by atoms with Crippen molar-refractivity contribution in [1.82, 2.24) is 24.9 Å². The SMILES string of the molecule is Cc1nc2ncnn2c(C)c1CC(=O)O[C@@H](C)C(=O)NCc1ccco1. The van der Waals surface area contributed by atoms with Crippen LogP contribution in [0.4, 0.5) is 0 Å². The van der Waals surface area contributed by atoms with Gasteiger partial charge in [-0.25, -0.2) is 9.50 Å². The van der Waals surface area contributed by atoms with Gasteiger partial charge in [0.15, 0.2) is 6.10 Å². The van der Waals surface area contributed by atoms with Crippen molar-refractivity contribution in [1.29, 1.82) is 0 Å². The summed E-state index contributed by atoms with van der Waals surface area (Å²) in [4.78, 5) is 32.6. The fraction of sp³-hybridized carbons (Fsp3) is 0.353. The van der Waals surface area contributed by atoms with Crippen LogP contribution in [0.1, 0.15) is 29.6 Å². The molecule has 0 fully saturated rings. The quantitative estimate of drug-likeness (QED) is 0.658. The van der Waals surface area contributed by atoms with Crippen LogP contribution in [0, 0.1) is 13.8 Å². The number of nitrogens with zero attached hydrogens (tertiary/aromatic N) is 4. The highest BCUT2D eigenvalue weighted by molar-refractivity contribution is 5.84. The van der Waals surface area contributed by atoms with E-state index < -0.39 is 18.0 Å². The minimum atomic E-state index is -0.916. The molecule has 1 N–H and O–H groups in total. The Labute approximate surface area is 149 Å². The van der Waals surface area contributed by atoms with E-state index in [2.05, 4.69) is 20.4 Å². The van der Waals surface area contributed by atoms with E-state index in [1.165, 1.54) is 19.5 Å². The summed E-state index contributed by atoms with van der Waals surface area (Å²) < 4.78 is 11.9. The molecule has 0 bridgehead atoms. The summed E-state index contributed by atoms with van der Waals surface area (Å²) in [7, 11) is 0. The van der Waals surface area contributed by atoms with Gasteiger partial charge in [-0.15, -0.1) is 0 Å². The predicted molar refractivity (Wildman–Crippen MR) is 90.1 cm³/mol. The number of nitrogens with one attached hydrogen (secondary N) is 1. The second-order valence-electron chi connectivity index (χ2n) is 5.84. The molecular formula is C17H19N5O4. The molecule has 26 heavy (non-hydrogen) atoms. The number of hydrogen-bond donors (Lipinski definition) is 1. The monoisotopic (exact) mass is 357 g/mol. The number of fused-ring (bicyclic) bond motifs is 1. The van der Waals surface area contributed by atoms with Crippen molar-refractivity contribution in [2.45, 2.75) is 39.8 Å². The molecule has 9 nitrogen and oxygen atoms in total. The Morgan fingerprint density at radius 1 is 1.38 bits per heavy atom. The van der Waals surface area contributed by atoms with E-state index in [0.717, 1.165) is 5.69 Å². The van der Waals surface area contributed by atoms with E-state index in [-0.39, 0.29) is 13.0 Å². The van der Waals surface area contributed by atoms with Crippen LogP contribution >= 0.6 is 0 Å². The Morgan fingerprint density at radius 3 is 2.92 bits per heavy atom. The van der Waals surface area contributed by atoms with Gasteiger partial charge in [-0.2, -0.15) is 10.1 Å². The van der Waals surface area contributed by atoms with Gasteiger partial charge in [0.05, 0.1) is 19.2 Å². The second kappa shape index (κ2) is 7.34. The van der Waals surface area contributed by atoms with E-state index in [1.807, 2.05) is 6.92 Å². The lowest BCUT2D eigenvalue weighted by Crippen LogP contribution is -2.35. The number of carbonyl (C=O) groups is 2. The van der Waals surface area contributed by atoms with Crippen LogP contribution in [-0.4, -0.2) is 37.6 Å². The first-order chi connectivity index (χ1) is 12.5. The summed E-state index contributed by atoms with van der Waals surface area (Å²) in [6.45, 7) is 5.38. The lowest BCUT2D eigenvalue weighted by Gasteiger charge is -2.14. The van der Waals surface area contributed by atoms with Crippen molar-refractivity contribution >= 4 is 17.7 Å². The van der Waals surface area contributed by atoms with Crippen molar-refractivity contribution < 1.29 is 18.7 Å². The molecule has 1 atom stereocenters. The number of rotatable bonds is 6. The number of aryl methyl sites for hydroxylation is 2. The molecule has 3 aromatic rings. The topological polar surface area (TPSA) is 112 Å². The van der Waals surface area contributed by atoms with Gasteiger partial charge in [0.1, 0.15) is 12.1 Å². The first kappa shape index (κ1) is 17.6. The fourth-order valence-electron chi connectivity index (χ4n) is 2.58. The third kappa shape index (κ3) is 3.71. The van der Waals surface area contributed by atoms with Crippen LogP contribution in [0.3, 0.4) is 0 Å². The lowest BCUT2D eigenvalue weighted by molar-refractivity contribution is -0.154. The molecule has 0 aliphatic heterocycles. The molecule has 136 valence electrons. The van der Waals surface area contributed by atoms with Gasteiger partial charge in [-0.1, -0.05) is 0 Å². The maximum absolute atomic E-state index is 12.2. The van der Waals surface area contributed by atoms with Gasteiger partial charge in [-0.3, -0.25) is 9.59 Å². The molecule has 0 aliphatic rings. The van der Waals surface area contributed by atoms with E-state index in [0.29, 0.717) is 22.8 Å². The number of carbonyl (C=O) groups excluding carboxylic acids is 2. The lowest BCUT2D eigenvalue weighted by atomic mass is 10.1. The number of amides is 1. The Bertz CT molecular complexity index is 932. The molecule has 3 heterocycles. The smallest absolute Gasteiger partial charge is 0.311 e. The van der Waals surface area contributed by atoms with Crippen molar-refractivity contribution in [3.63, 3.8) is 0 Å². The summed E-state index contributed by atoms with van der Waals surface area (Å²) in [6, 6.07) is 3.48. The molecule has 0 unspecified atom stereocenters.